The van der Waals surface area contributed by atoms with Crippen LogP contribution in [0.4, 0.5) is 0 Å². The number of para-hydroxylation sites is 1. The molecular formula is C42H50N4O3. The van der Waals surface area contributed by atoms with Gasteiger partial charge in [0, 0.05) is 95.8 Å². The SMILES string of the molecule is C/C=C1/CN2[C@H]3C[C@@H]1[C@@H](CO)[C@@H]2Cc1c3n(C)c2cc(C(C)C3=COC[C@@H]4[C@H]3C[C@H]3c5c(c6ccccc6n5C)C[C@@H]4N3C)c(OC)cc12. The summed E-state index contributed by atoms with van der Waals surface area (Å²) in [7, 11) is 8.73. The van der Waals surface area contributed by atoms with Crippen molar-refractivity contribution in [1.29, 1.82) is 0 Å². The molecule has 0 radical (unpaired) electrons. The maximum absolute atomic E-state index is 10.6. The number of nitrogens with zero attached hydrogens (tertiary/aromatic N) is 4. The number of ether oxygens (including phenoxy) is 2. The van der Waals surface area contributed by atoms with Crippen LogP contribution in [0.15, 0.2) is 59.9 Å². The highest BCUT2D eigenvalue weighted by molar-refractivity contribution is 5.89. The molecule has 49 heavy (non-hydrogen) atoms. The Kier molecular flexibility index (Phi) is 6.65. The van der Waals surface area contributed by atoms with Gasteiger partial charge in [0.25, 0.3) is 0 Å². The lowest BCUT2D eigenvalue weighted by molar-refractivity contribution is -0.0513. The van der Waals surface area contributed by atoms with Crippen molar-refractivity contribution in [2.45, 2.75) is 69.6 Å². The number of aliphatic hydroxyl groups is 1. The molecule has 0 amide bonds. The summed E-state index contributed by atoms with van der Waals surface area (Å²) >= 11 is 0. The van der Waals surface area contributed by atoms with E-state index in [2.05, 4.69) is 103 Å². The molecule has 2 unspecified atom stereocenters. The van der Waals surface area contributed by atoms with Gasteiger partial charge in [-0.1, -0.05) is 36.8 Å². The molecule has 0 spiro atoms. The van der Waals surface area contributed by atoms with Gasteiger partial charge in [-0.2, -0.15) is 0 Å². The van der Waals surface area contributed by atoms with Gasteiger partial charge in [0.2, 0.25) is 0 Å². The number of methoxy groups -OCH3 is 1. The first-order chi connectivity index (χ1) is 23.8. The Morgan fingerprint density at radius 1 is 0.939 bits per heavy atom. The Bertz CT molecular complexity index is 2090. The molecule has 4 saturated heterocycles. The van der Waals surface area contributed by atoms with Gasteiger partial charge in [-0.25, -0.2) is 0 Å². The topological polar surface area (TPSA) is 55.0 Å². The van der Waals surface area contributed by atoms with Crippen molar-refractivity contribution in [3.05, 3.63) is 88.0 Å². The summed E-state index contributed by atoms with van der Waals surface area (Å²) in [6.45, 7) is 6.63. The first kappa shape index (κ1) is 30.3. The fourth-order valence-electron chi connectivity index (χ4n) is 12.2. The molecular weight excluding hydrogens is 608 g/mol. The summed E-state index contributed by atoms with van der Waals surface area (Å²) in [6.07, 6.45) is 8.71. The zero-order valence-electron chi connectivity index (χ0n) is 29.8. The smallest absolute Gasteiger partial charge is 0.123 e. The number of aromatic nitrogens is 2. The lowest BCUT2D eigenvalue weighted by atomic mass is 9.64. The number of fused-ring (bicyclic) bond motifs is 12. The van der Waals surface area contributed by atoms with Gasteiger partial charge < -0.3 is 23.7 Å². The van der Waals surface area contributed by atoms with Crippen LogP contribution >= 0.6 is 0 Å². The average molecular weight is 659 g/mol. The minimum atomic E-state index is 0.171. The number of likely N-dealkylation sites (N-methyl/N-ethyl adjacent to an activating group) is 1. The van der Waals surface area contributed by atoms with Crippen LogP contribution in [-0.4, -0.2) is 70.0 Å². The molecule has 10 atom stereocenters. The molecule has 0 aliphatic carbocycles. The fraction of sp³-hybridized carbons (Fsp3) is 0.524. The van der Waals surface area contributed by atoms with Crippen LogP contribution in [0, 0.1) is 23.7 Å². The zero-order valence-corrected chi connectivity index (χ0v) is 29.8. The number of aliphatic hydroxyl groups excluding tert-OH is 1. The van der Waals surface area contributed by atoms with Crippen LogP contribution in [0.25, 0.3) is 21.8 Å². The maximum Gasteiger partial charge on any atom is 0.123 e. The summed E-state index contributed by atoms with van der Waals surface area (Å²) in [5, 5.41) is 13.3. The third kappa shape index (κ3) is 3.90. The van der Waals surface area contributed by atoms with Crippen molar-refractivity contribution in [2.75, 3.05) is 33.9 Å². The van der Waals surface area contributed by atoms with E-state index in [0.717, 1.165) is 44.6 Å². The van der Waals surface area contributed by atoms with Crippen LogP contribution in [0.3, 0.4) is 0 Å². The normalized spacial score (nSPS) is 34.4. The predicted molar refractivity (Wildman–Crippen MR) is 194 cm³/mol. The van der Waals surface area contributed by atoms with Crippen molar-refractivity contribution in [3.8, 4) is 5.75 Å². The standard InChI is InChI=1S/C42H50N4O3/c1-7-23-18-46-37-16-30-28-17-40(48-6)25(12-35(28)45(5)42(30)39(46)13-26(23)31(37)19-47)22(2)32-20-49-21-33-27(32)14-38-41-29(15-36(33)43(38)3)24-10-8-9-11-34(24)44(41)4/h7-12,17,20,22,26-27,31,33,36-39,47H,13-16,18-19,21H2,1-6H3/b23-7-/t22?,26-,27-,31+,33+,36-,37-,38-,39-/m0/s1. The molecule has 4 fully saturated rings. The van der Waals surface area contributed by atoms with Gasteiger partial charge in [0.15, 0.2) is 0 Å². The molecule has 2 aromatic heterocycles. The molecule has 7 nitrogen and oxygen atoms in total. The largest absolute Gasteiger partial charge is 0.501 e. The van der Waals surface area contributed by atoms with Gasteiger partial charge >= 0.3 is 0 Å². The van der Waals surface area contributed by atoms with E-state index in [1.54, 1.807) is 5.56 Å². The van der Waals surface area contributed by atoms with E-state index in [9.17, 15) is 5.11 Å². The van der Waals surface area contributed by atoms with Crippen LogP contribution in [-0.2, 0) is 31.7 Å². The Hall–Kier alpha value is -3.52. The molecule has 9 heterocycles. The Balaban J connectivity index is 1.04. The summed E-state index contributed by atoms with van der Waals surface area (Å²) < 4.78 is 17.6. The third-order valence-electron chi connectivity index (χ3n) is 14.6. The van der Waals surface area contributed by atoms with Gasteiger partial charge in [-0.15, -0.1) is 0 Å². The van der Waals surface area contributed by atoms with E-state index in [1.807, 2.05) is 7.11 Å². The molecule has 7 aliphatic heterocycles. The lowest BCUT2D eigenvalue weighted by Gasteiger charge is -2.58. The molecule has 4 aromatic rings. The monoisotopic (exact) mass is 658 g/mol. The minimum absolute atomic E-state index is 0.171. The Labute approximate surface area is 289 Å². The van der Waals surface area contributed by atoms with E-state index in [0.29, 0.717) is 47.8 Å². The van der Waals surface area contributed by atoms with Gasteiger partial charge in [0.05, 0.1) is 32.1 Å². The van der Waals surface area contributed by atoms with E-state index < -0.39 is 0 Å². The maximum atomic E-state index is 10.6. The third-order valence-corrected chi connectivity index (χ3v) is 14.6. The molecule has 0 saturated carbocycles. The number of allylic oxidation sites excluding steroid dienone is 2. The number of aryl methyl sites for hydroxylation is 2. The van der Waals surface area contributed by atoms with Crippen LogP contribution in [0.5, 0.6) is 5.75 Å². The zero-order chi connectivity index (χ0) is 33.5. The number of piperidine rings is 4. The summed E-state index contributed by atoms with van der Waals surface area (Å²) in [6, 6.07) is 15.4. The van der Waals surface area contributed by atoms with E-state index in [-0.39, 0.29) is 12.5 Å². The number of hydrogen-bond donors (Lipinski definition) is 1. The average Bonchev–Trinajstić information content (AvgIpc) is 3.56. The quantitative estimate of drug-likeness (QED) is 0.245. The molecule has 7 aliphatic rings. The van der Waals surface area contributed by atoms with Crippen molar-refractivity contribution in [2.24, 2.45) is 37.8 Å². The van der Waals surface area contributed by atoms with E-state index >= 15 is 0 Å². The second-order valence-corrected chi connectivity index (χ2v) is 16.1. The van der Waals surface area contributed by atoms with Crippen LogP contribution in [0.2, 0.25) is 0 Å². The molecule has 2 aromatic carbocycles. The lowest BCUT2D eigenvalue weighted by Crippen LogP contribution is -2.61. The van der Waals surface area contributed by atoms with Crippen LogP contribution < -0.4 is 4.74 Å². The second-order valence-electron chi connectivity index (χ2n) is 16.1. The molecule has 256 valence electrons. The number of benzene rings is 2. The van der Waals surface area contributed by atoms with Crippen molar-refractivity contribution >= 4 is 21.8 Å². The first-order valence-corrected chi connectivity index (χ1v) is 18.6. The summed E-state index contributed by atoms with van der Waals surface area (Å²) in [4.78, 5) is 5.38. The molecule has 11 rings (SSSR count). The van der Waals surface area contributed by atoms with Gasteiger partial charge in [-0.3, -0.25) is 9.80 Å². The van der Waals surface area contributed by atoms with Crippen molar-refractivity contribution in [1.82, 2.24) is 18.9 Å². The van der Waals surface area contributed by atoms with E-state index in [1.165, 1.54) is 55.5 Å². The highest BCUT2D eigenvalue weighted by Gasteiger charge is 2.54. The highest BCUT2D eigenvalue weighted by Crippen LogP contribution is 2.57. The predicted octanol–water partition coefficient (Wildman–Crippen LogP) is 6.79. The van der Waals surface area contributed by atoms with E-state index in [4.69, 9.17) is 9.47 Å². The first-order valence-electron chi connectivity index (χ1n) is 18.6. The van der Waals surface area contributed by atoms with Gasteiger partial charge in [-0.05, 0) is 86.4 Å². The van der Waals surface area contributed by atoms with Crippen molar-refractivity contribution < 1.29 is 14.6 Å². The second kappa shape index (κ2) is 10.7. The number of hydrogen-bond acceptors (Lipinski definition) is 5. The number of rotatable bonds is 4. The van der Waals surface area contributed by atoms with Crippen molar-refractivity contribution in [3.63, 3.8) is 0 Å². The molecule has 6 bridgehead atoms. The van der Waals surface area contributed by atoms with Crippen LogP contribution in [0.1, 0.15) is 72.8 Å². The Morgan fingerprint density at radius 2 is 1.67 bits per heavy atom. The molecule has 7 heteroatoms. The summed E-state index contributed by atoms with van der Waals surface area (Å²) in [5.74, 6) is 2.86. The Morgan fingerprint density at radius 3 is 2.47 bits per heavy atom. The van der Waals surface area contributed by atoms with Gasteiger partial charge in [0.1, 0.15) is 5.75 Å². The molecule has 1 N–H and O–H groups in total. The minimum Gasteiger partial charge on any atom is -0.501 e. The fourth-order valence-corrected chi connectivity index (χ4v) is 12.2. The summed E-state index contributed by atoms with van der Waals surface area (Å²) in [5.41, 5.74) is 12.8. The highest BCUT2D eigenvalue weighted by atomic mass is 16.5.